The number of nitrogens with zero attached hydrogens (tertiary/aromatic N) is 2. The maximum Gasteiger partial charge on any atom is 0.251 e. The van der Waals surface area contributed by atoms with Crippen LogP contribution in [0.2, 0.25) is 0 Å². The van der Waals surface area contributed by atoms with Crippen molar-refractivity contribution >= 4 is 5.82 Å². The van der Waals surface area contributed by atoms with E-state index in [-0.39, 0.29) is 17.7 Å². The summed E-state index contributed by atoms with van der Waals surface area (Å²) in [5, 5.41) is 3.31. The molecule has 1 aliphatic rings. The van der Waals surface area contributed by atoms with Crippen molar-refractivity contribution in [3.8, 4) is 11.4 Å². The number of aromatic amines is 1. The quantitative estimate of drug-likeness (QED) is 0.799. The number of hydrogen-bond acceptors (Lipinski definition) is 6. The molecule has 2 aromatic rings. The lowest BCUT2D eigenvalue weighted by atomic mass is 10.2. The number of hydrogen-bond donors (Lipinski definition) is 2. The van der Waals surface area contributed by atoms with Gasteiger partial charge in [-0.2, -0.15) is 0 Å². The summed E-state index contributed by atoms with van der Waals surface area (Å²) in [7, 11) is 0. The van der Waals surface area contributed by atoms with Crippen LogP contribution in [0.1, 0.15) is 26.0 Å². The predicted octanol–water partition coefficient (Wildman–Crippen LogP) is 2.00. The number of ether oxygens (including phenoxy) is 2. The van der Waals surface area contributed by atoms with Crippen molar-refractivity contribution in [1.29, 1.82) is 0 Å². The van der Waals surface area contributed by atoms with Gasteiger partial charge in [-0.1, -0.05) is 6.92 Å². The first-order chi connectivity index (χ1) is 12.1. The Morgan fingerprint density at radius 2 is 2.36 bits per heavy atom. The normalized spacial score (nSPS) is 18.2. The molecule has 0 bridgehead atoms. The van der Waals surface area contributed by atoms with Crippen LogP contribution in [0.25, 0.3) is 11.4 Å². The molecule has 2 aromatic heterocycles. The van der Waals surface area contributed by atoms with Crippen LogP contribution in [-0.4, -0.2) is 46.9 Å². The highest BCUT2D eigenvalue weighted by atomic mass is 16.5. The zero-order chi connectivity index (χ0) is 17.6. The van der Waals surface area contributed by atoms with Crippen molar-refractivity contribution in [2.75, 3.05) is 25.1 Å². The molecule has 1 aliphatic heterocycles. The van der Waals surface area contributed by atoms with E-state index in [9.17, 15) is 4.79 Å². The third kappa shape index (κ3) is 4.87. The van der Waals surface area contributed by atoms with Crippen LogP contribution in [0, 0.1) is 0 Å². The van der Waals surface area contributed by atoms with Crippen LogP contribution in [0.5, 0.6) is 0 Å². The highest BCUT2D eigenvalue weighted by molar-refractivity contribution is 5.55. The van der Waals surface area contributed by atoms with E-state index in [2.05, 4.69) is 27.2 Å². The van der Waals surface area contributed by atoms with Crippen LogP contribution in [0.3, 0.4) is 0 Å². The van der Waals surface area contributed by atoms with Crippen molar-refractivity contribution in [2.45, 2.75) is 38.8 Å². The van der Waals surface area contributed by atoms with E-state index >= 15 is 0 Å². The van der Waals surface area contributed by atoms with E-state index in [4.69, 9.17) is 9.47 Å². The Morgan fingerprint density at radius 1 is 1.48 bits per heavy atom. The van der Waals surface area contributed by atoms with Gasteiger partial charge < -0.3 is 19.8 Å². The fourth-order valence-corrected chi connectivity index (χ4v) is 2.66. The zero-order valence-corrected chi connectivity index (χ0v) is 14.6. The van der Waals surface area contributed by atoms with E-state index in [1.54, 1.807) is 6.20 Å². The molecule has 7 nitrogen and oxygen atoms in total. The molecule has 2 N–H and O–H groups in total. The van der Waals surface area contributed by atoms with E-state index in [1.165, 1.54) is 6.07 Å². The Morgan fingerprint density at radius 3 is 3.04 bits per heavy atom. The molecule has 3 rings (SSSR count). The van der Waals surface area contributed by atoms with E-state index in [0.717, 1.165) is 30.1 Å². The third-order valence-corrected chi connectivity index (χ3v) is 4.06. The summed E-state index contributed by atoms with van der Waals surface area (Å²) in [6.07, 6.45) is 3.58. The predicted molar refractivity (Wildman–Crippen MR) is 95.7 cm³/mol. The maximum absolute atomic E-state index is 11.7. The van der Waals surface area contributed by atoms with Crippen molar-refractivity contribution in [3.63, 3.8) is 0 Å². The first kappa shape index (κ1) is 17.6. The van der Waals surface area contributed by atoms with E-state index < -0.39 is 0 Å². The number of rotatable bonds is 7. The average molecular weight is 344 g/mol. The number of H-pyrrole nitrogens is 1. The Labute approximate surface area is 146 Å². The van der Waals surface area contributed by atoms with Gasteiger partial charge in [-0.25, -0.2) is 9.97 Å². The van der Waals surface area contributed by atoms with Gasteiger partial charge >= 0.3 is 0 Å². The van der Waals surface area contributed by atoms with Gasteiger partial charge in [-0.05, 0) is 31.9 Å². The maximum atomic E-state index is 11.7. The molecule has 1 fully saturated rings. The number of anilines is 1. The Bertz CT molecular complexity index is 739. The summed E-state index contributed by atoms with van der Waals surface area (Å²) < 4.78 is 11.1. The van der Waals surface area contributed by atoms with E-state index in [0.29, 0.717) is 25.5 Å². The van der Waals surface area contributed by atoms with Gasteiger partial charge in [0.25, 0.3) is 5.56 Å². The van der Waals surface area contributed by atoms with E-state index in [1.807, 2.05) is 19.1 Å². The molecule has 25 heavy (non-hydrogen) atoms. The minimum atomic E-state index is -0.147. The summed E-state index contributed by atoms with van der Waals surface area (Å²) in [5.41, 5.74) is 1.40. The largest absolute Gasteiger partial charge is 0.379 e. The van der Waals surface area contributed by atoms with Gasteiger partial charge in [0.05, 0.1) is 19.3 Å². The van der Waals surface area contributed by atoms with Crippen LogP contribution < -0.4 is 10.9 Å². The first-order valence-electron chi connectivity index (χ1n) is 8.66. The van der Waals surface area contributed by atoms with Gasteiger partial charge in [0.2, 0.25) is 0 Å². The van der Waals surface area contributed by atoms with Gasteiger partial charge in [0, 0.05) is 36.2 Å². The van der Waals surface area contributed by atoms with Crippen molar-refractivity contribution in [1.82, 2.24) is 15.0 Å². The van der Waals surface area contributed by atoms with Crippen molar-refractivity contribution in [3.05, 3.63) is 40.4 Å². The number of pyridine rings is 1. The molecule has 0 spiro atoms. The topological polar surface area (TPSA) is 89.1 Å². The van der Waals surface area contributed by atoms with Gasteiger partial charge in [-0.3, -0.25) is 4.79 Å². The highest BCUT2D eigenvalue weighted by Gasteiger charge is 2.17. The number of aromatic nitrogens is 3. The fourth-order valence-electron chi connectivity index (χ4n) is 2.66. The Hall–Kier alpha value is -2.25. The SMILES string of the molecule is CCc1cc(=O)[nH]c(-c2ccc(NC(C)COC3CCOC3)nc2)n1. The van der Waals surface area contributed by atoms with Crippen LogP contribution in [0.15, 0.2) is 29.2 Å². The summed E-state index contributed by atoms with van der Waals surface area (Å²) in [6, 6.07) is 5.43. The lowest BCUT2D eigenvalue weighted by Gasteiger charge is -2.17. The molecule has 2 unspecified atom stereocenters. The number of nitrogens with one attached hydrogen (secondary N) is 2. The lowest BCUT2D eigenvalue weighted by Crippen LogP contribution is -2.26. The van der Waals surface area contributed by atoms with Gasteiger partial charge in [-0.15, -0.1) is 0 Å². The van der Waals surface area contributed by atoms with Gasteiger partial charge in [0.15, 0.2) is 0 Å². The molecule has 0 radical (unpaired) electrons. The smallest absolute Gasteiger partial charge is 0.251 e. The van der Waals surface area contributed by atoms with Crippen molar-refractivity contribution < 1.29 is 9.47 Å². The standard InChI is InChI=1S/C18H24N4O3/c1-3-14-8-17(23)22-18(21-14)13-4-5-16(19-9-13)20-12(2)10-25-15-6-7-24-11-15/h4-5,8-9,12,15H,3,6-7,10-11H2,1-2H3,(H,19,20)(H,21,22,23). The summed E-state index contributed by atoms with van der Waals surface area (Å²) in [4.78, 5) is 23.3. The Kier molecular flexibility index (Phi) is 5.78. The minimum absolute atomic E-state index is 0.139. The van der Waals surface area contributed by atoms with Crippen LogP contribution in [-0.2, 0) is 15.9 Å². The molecule has 3 heterocycles. The van der Waals surface area contributed by atoms with Crippen LogP contribution >= 0.6 is 0 Å². The fraction of sp³-hybridized carbons (Fsp3) is 0.500. The molecule has 0 amide bonds. The average Bonchev–Trinajstić information content (AvgIpc) is 3.13. The molecule has 2 atom stereocenters. The molecule has 0 aliphatic carbocycles. The van der Waals surface area contributed by atoms with Gasteiger partial charge in [0.1, 0.15) is 11.6 Å². The second kappa shape index (κ2) is 8.22. The molecular formula is C18H24N4O3. The second-order valence-corrected chi connectivity index (χ2v) is 6.24. The van der Waals surface area contributed by atoms with Crippen molar-refractivity contribution in [2.24, 2.45) is 0 Å². The number of aryl methyl sites for hydroxylation is 1. The molecule has 0 aromatic carbocycles. The minimum Gasteiger partial charge on any atom is -0.379 e. The summed E-state index contributed by atoms with van der Waals surface area (Å²) >= 11 is 0. The summed E-state index contributed by atoms with van der Waals surface area (Å²) in [5.74, 6) is 1.30. The Balaban J connectivity index is 1.60. The molecule has 0 saturated carbocycles. The third-order valence-electron chi connectivity index (χ3n) is 4.06. The molecule has 7 heteroatoms. The monoisotopic (exact) mass is 344 g/mol. The second-order valence-electron chi connectivity index (χ2n) is 6.24. The first-order valence-corrected chi connectivity index (χ1v) is 8.66. The zero-order valence-electron chi connectivity index (χ0n) is 14.6. The molecular weight excluding hydrogens is 320 g/mol. The van der Waals surface area contributed by atoms with Crippen LogP contribution in [0.4, 0.5) is 5.82 Å². The lowest BCUT2D eigenvalue weighted by molar-refractivity contribution is 0.0395. The molecule has 1 saturated heterocycles. The molecule has 134 valence electrons. The summed E-state index contributed by atoms with van der Waals surface area (Å²) in [6.45, 7) is 6.09. The highest BCUT2D eigenvalue weighted by Crippen LogP contribution is 2.16.